The molecule has 2 aromatic carbocycles. The molecule has 2 aromatic rings. The number of nitrogens with one attached hydrogen (secondary N) is 2. The summed E-state index contributed by atoms with van der Waals surface area (Å²) in [5, 5.41) is 4.79. The van der Waals surface area contributed by atoms with Crippen LogP contribution in [0.5, 0.6) is 0 Å². The summed E-state index contributed by atoms with van der Waals surface area (Å²) in [6.45, 7) is 1.40. The van der Waals surface area contributed by atoms with Gasteiger partial charge in [-0.15, -0.1) is 0 Å². The van der Waals surface area contributed by atoms with Gasteiger partial charge in [-0.1, -0.05) is 18.2 Å². The van der Waals surface area contributed by atoms with Gasteiger partial charge in [0.05, 0.1) is 11.4 Å². The average molecular weight is 364 g/mol. The summed E-state index contributed by atoms with van der Waals surface area (Å²) in [5.41, 5.74) is 1.47. The van der Waals surface area contributed by atoms with E-state index in [4.69, 9.17) is 0 Å². The van der Waals surface area contributed by atoms with Crippen LogP contribution in [0, 0.1) is 5.92 Å². The van der Waals surface area contributed by atoms with Crippen LogP contribution in [0.3, 0.4) is 0 Å². The van der Waals surface area contributed by atoms with Crippen molar-refractivity contribution in [1.82, 2.24) is 5.32 Å². The molecule has 2 N–H and O–H groups in total. The van der Waals surface area contributed by atoms with Crippen molar-refractivity contribution >= 4 is 47.0 Å². The van der Waals surface area contributed by atoms with E-state index in [1.54, 1.807) is 54.6 Å². The van der Waals surface area contributed by atoms with Crippen LogP contribution in [-0.4, -0.2) is 30.0 Å². The minimum Gasteiger partial charge on any atom is -0.326 e. The standard InChI is InChI=1S/C19H16N4O4/c1-12(24)21-14-9-7-13(8-10-14)20-11-16-17(25)22-19(27)23(18(16)26)15-5-3-2-4-6-15/h2-11,16H,1H3,(H,21,24)(H,22,25,27). The highest BCUT2D eigenvalue weighted by Crippen LogP contribution is 2.21. The number of imide groups is 2. The Balaban J connectivity index is 1.79. The molecule has 0 aliphatic carbocycles. The number of hydrogen-bond acceptors (Lipinski definition) is 5. The number of aliphatic imine (C=N–C) groups is 1. The van der Waals surface area contributed by atoms with Crippen molar-refractivity contribution in [2.45, 2.75) is 6.92 Å². The number of hydrogen-bond donors (Lipinski definition) is 2. The number of urea groups is 1. The van der Waals surface area contributed by atoms with Gasteiger partial charge < -0.3 is 5.32 Å². The van der Waals surface area contributed by atoms with Crippen LogP contribution in [-0.2, 0) is 14.4 Å². The van der Waals surface area contributed by atoms with Crippen molar-refractivity contribution in [1.29, 1.82) is 0 Å². The first-order valence-corrected chi connectivity index (χ1v) is 8.11. The summed E-state index contributed by atoms with van der Waals surface area (Å²) in [5.74, 6) is -2.82. The fourth-order valence-electron chi connectivity index (χ4n) is 2.54. The molecule has 8 nitrogen and oxygen atoms in total. The molecular formula is C19H16N4O4. The number of barbiturate groups is 1. The number of amides is 5. The highest BCUT2D eigenvalue weighted by molar-refractivity contribution is 6.32. The van der Waals surface area contributed by atoms with Gasteiger partial charge in [-0.3, -0.25) is 24.7 Å². The third kappa shape index (κ3) is 4.06. The molecule has 0 radical (unpaired) electrons. The Morgan fingerprint density at radius 1 is 1.07 bits per heavy atom. The van der Waals surface area contributed by atoms with Crippen molar-refractivity contribution in [2.24, 2.45) is 10.9 Å². The Bertz CT molecular complexity index is 922. The zero-order chi connectivity index (χ0) is 19.4. The number of rotatable bonds is 4. The van der Waals surface area contributed by atoms with Crippen LogP contribution in [0.1, 0.15) is 6.92 Å². The topological polar surface area (TPSA) is 108 Å². The molecule has 1 unspecified atom stereocenters. The molecule has 1 heterocycles. The van der Waals surface area contributed by atoms with Crippen LogP contribution in [0.25, 0.3) is 0 Å². The molecule has 5 amide bonds. The predicted molar refractivity (Wildman–Crippen MR) is 99.9 cm³/mol. The fourth-order valence-corrected chi connectivity index (χ4v) is 2.54. The summed E-state index contributed by atoms with van der Waals surface area (Å²) in [6.07, 6.45) is 1.20. The third-order valence-electron chi connectivity index (χ3n) is 3.78. The minimum absolute atomic E-state index is 0.193. The SMILES string of the molecule is CC(=O)Nc1ccc(N=CC2C(=O)NC(=O)N(c3ccccc3)C2=O)cc1. The quantitative estimate of drug-likeness (QED) is 0.641. The normalized spacial score (nSPS) is 17.1. The van der Waals surface area contributed by atoms with E-state index in [0.717, 1.165) is 4.90 Å². The molecule has 0 saturated carbocycles. The summed E-state index contributed by atoms with van der Waals surface area (Å²) in [7, 11) is 0. The maximum absolute atomic E-state index is 12.6. The Kier molecular flexibility index (Phi) is 5.07. The molecule has 0 spiro atoms. The van der Waals surface area contributed by atoms with Crippen molar-refractivity contribution in [3.63, 3.8) is 0 Å². The number of benzene rings is 2. The molecule has 0 aromatic heterocycles. The Labute approximate surface area is 154 Å². The number of carbonyl (C=O) groups is 4. The highest BCUT2D eigenvalue weighted by atomic mass is 16.2. The highest BCUT2D eigenvalue weighted by Gasteiger charge is 2.40. The third-order valence-corrected chi connectivity index (χ3v) is 3.78. The van der Waals surface area contributed by atoms with Gasteiger partial charge in [0.25, 0.3) is 5.91 Å². The second-order valence-electron chi connectivity index (χ2n) is 5.79. The Morgan fingerprint density at radius 3 is 2.37 bits per heavy atom. The zero-order valence-corrected chi connectivity index (χ0v) is 14.4. The summed E-state index contributed by atoms with van der Waals surface area (Å²) >= 11 is 0. The molecule has 3 rings (SSSR count). The largest absolute Gasteiger partial charge is 0.335 e. The van der Waals surface area contributed by atoms with Crippen LogP contribution < -0.4 is 15.5 Å². The van der Waals surface area contributed by atoms with E-state index in [9.17, 15) is 19.2 Å². The monoisotopic (exact) mass is 364 g/mol. The van der Waals surface area contributed by atoms with E-state index in [-0.39, 0.29) is 5.91 Å². The zero-order valence-electron chi connectivity index (χ0n) is 14.4. The van der Waals surface area contributed by atoms with Gasteiger partial charge in [-0.05, 0) is 36.4 Å². The van der Waals surface area contributed by atoms with E-state index < -0.39 is 23.8 Å². The van der Waals surface area contributed by atoms with Gasteiger partial charge in [0.2, 0.25) is 11.8 Å². The number of carbonyl (C=O) groups excluding carboxylic acids is 4. The first-order chi connectivity index (χ1) is 13.0. The second kappa shape index (κ2) is 7.61. The molecule has 0 bridgehead atoms. The molecule has 1 aliphatic heterocycles. The van der Waals surface area contributed by atoms with Crippen LogP contribution >= 0.6 is 0 Å². The maximum Gasteiger partial charge on any atom is 0.335 e. The van der Waals surface area contributed by atoms with Crippen molar-refractivity contribution in [2.75, 3.05) is 10.2 Å². The minimum atomic E-state index is -1.22. The molecule has 8 heteroatoms. The summed E-state index contributed by atoms with van der Waals surface area (Å²) in [4.78, 5) is 52.9. The molecule has 1 aliphatic rings. The van der Waals surface area contributed by atoms with Gasteiger partial charge in [-0.2, -0.15) is 0 Å². The number of anilines is 2. The molecule has 1 atom stereocenters. The van der Waals surface area contributed by atoms with E-state index in [1.165, 1.54) is 13.1 Å². The van der Waals surface area contributed by atoms with Crippen LogP contribution in [0.15, 0.2) is 59.6 Å². The van der Waals surface area contributed by atoms with Crippen molar-refractivity contribution in [3.05, 3.63) is 54.6 Å². The predicted octanol–water partition coefficient (Wildman–Crippen LogP) is 2.25. The van der Waals surface area contributed by atoms with Crippen molar-refractivity contribution < 1.29 is 19.2 Å². The molecular weight excluding hydrogens is 348 g/mol. The summed E-state index contributed by atoms with van der Waals surface area (Å²) in [6, 6.07) is 14.1. The second-order valence-corrected chi connectivity index (χ2v) is 5.79. The lowest BCUT2D eigenvalue weighted by Gasteiger charge is -2.28. The van der Waals surface area contributed by atoms with Gasteiger partial charge in [0.1, 0.15) is 0 Å². The Hall–Kier alpha value is -3.81. The van der Waals surface area contributed by atoms with Crippen molar-refractivity contribution in [3.8, 4) is 0 Å². The van der Waals surface area contributed by atoms with E-state index in [2.05, 4.69) is 15.6 Å². The molecule has 136 valence electrons. The fraction of sp³-hybridized carbons (Fsp3) is 0.105. The maximum atomic E-state index is 12.6. The lowest BCUT2D eigenvalue weighted by molar-refractivity contribution is -0.131. The van der Waals surface area contributed by atoms with E-state index >= 15 is 0 Å². The van der Waals surface area contributed by atoms with Crippen LogP contribution in [0.4, 0.5) is 21.9 Å². The van der Waals surface area contributed by atoms with E-state index in [1.807, 2.05) is 0 Å². The van der Waals surface area contributed by atoms with Gasteiger partial charge in [0, 0.05) is 18.8 Å². The summed E-state index contributed by atoms with van der Waals surface area (Å²) < 4.78 is 0. The Morgan fingerprint density at radius 2 is 1.74 bits per heavy atom. The van der Waals surface area contributed by atoms with Gasteiger partial charge >= 0.3 is 6.03 Å². The molecule has 1 saturated heterocycles. The lowest BCUT2D eigenvalue weighted by atomic mass is 10.1. The molecule has 1 fully saturated rings. The van der Waals surface area contributed by atoms with Gasteiger partial charge in [-0.25, -0.2) is 9.69 Å². The lowest BCUT2D eigenvalue weighted by Crippen LogP contribution is -2.58. The average Bonchev–Trinajstić information content (AvgIpc) is 2.63. The van der Waals surface area contributed by atoms with Gasteiger partial charge in [0.15, 0.2) is 5.92 Å². The first-order valence-electron chi connectivity index (χ1n) is 8.11. The number of nitrogens with zero attached hydrogens (tertiary/aromatic N) is 2. The molecule has 27 heavy (non-hydrogen) atoms. The number of para-hydroxylation sites is 1. The van der Waals surface area contributed by atoms with E-state index in [0.29, 0.717) is 17.1 Å². The van der Waals surface area contributed by atoms with Crippen LogP contribution in [0.2, 0.25) is 0 Å². The first kappa shape index (κ1) is 18.0. The smallest absolute Gasteiger partial charge is 0.326 e.